The maximum Gasteiger partial charge on any atom is 0.189 e. The fourth-order valence-corrected chi connectivity index (χ4v) is 2.32. The molecule has 2 unspecified atom stereocenters. The van der Waals surface area contributed by atoms with Crippen molar-refractivity contribution in [2.24, 2.45) is 16.1 Å². The Bertz CT molecular complexity index is 318. The predicted molar refractivity (Wildman–Crippen MR) is 81.3 cm³/mol. The van der Waals surface area contributed by atoms with Gasteiger partial charge in [-0.25, -0.2) is 4.99 Å². The van der Waals surface area contributed by atoms with Crippen molar-refractivity contribution >= 4 is 5.96 Å². The van der Waals surface area contributed by atoms with Crippen molar-refractivity contribution in [3.8, 4) is 0 Å². The highest BCUT2D eigenvalue weighted by Gasteiger charge is 2.49. The zero-order valence-electron chi connectivity index (χ0n) is 13.4. The lowest BCUT2D eigenvalue weighted by Crippen LogP contribution is -2.55. The van der Waals surface area contributed by atoms with Crippen LogP contribution >= 0.6 is 0 Å². The van der Waals surface area contributed by atoms with Crippen molar-refractivity contribution in [2.45, 2.75) is 78.5 Å². The SMILES string of the molecule is CCCCOC1CC(N=C(N)NC(C)(C)C)C1(C)C. The van der Waals surface area contributed by atoms with E-state index in [4.69, 9.17) is 10.5 Å². The number of nitrogens with zero attached hydrogens (tertiary/aromatic N) is 1. The maximum absolute atomic E-state index is 5.96. The molecule has 0 aliphatic heterocycles. The first-order valence-corrected chi connectivity index (χ1v) is 7.40. The van der Waals surface area contributed by atoms with E-state index in [9.17, 15) is 0 Å². The van der Waals surface area contributed by atoms with E-state index >= 15 is 0 Å². The third kappa shape index (κ3) is 4.68. The molecular weight excluding hydrogens is 238 g/mol. The number of hydrogen-bond acceptors (Lipinski definition) is 2. The van der Waals surface area contributed by atoms with Crippen LogP contribution in [0.25, 0.3) is 0 Å². The van der Waals surface area contributed by atoms with Crippen LogP contribution in [0.1, 0.15) is 60.8 Å². The summed E-state index contributed by atoms with van der Waals surface area (Å²) in [4.78, 5) is 4.60. The molecule has 1 aliphatic rings. The van der Waals surface area contributed by atoms with Gasteiger partial charge in [-0.2, -0.15) is 0 Å². The topological polar surface area (TPSA) is 59.6 Å². The first kappa shape index (κ1) is 16.3. The molecule has 1 fully saturated rings. The molecule has 1 rings (SSSR count). The summed E-state index contributed by atoms with van der Waals surface area (Å²) in [5, 5.41) is 3.21. The van der Waals surface area contributed by atoms with Crippen molar-refractivity contribution in [1.29, 1.82) is 0 Å². The van der Waals surface area contributed by atoms with Gasteiger partial charge in [0.15, 0.2) is 5.96 Å². The third-order valence-electron chi connectivity index (χ3n) is 3.74. The Morgan fingerprint density at radius 1 is 1.42 bits per heavy atom. The van der Waals surface area contributed by atoms with Gasteiger partial charge in [0.05, 0.1) is 12.1 Å². The average molecular weight is 269 g/mol. The van der Waals surface area contributed by atoms with Crippen LogP contribution < -0.4 is 11.1 Å². The molecule has 0 aromatic rings. The second-order valence-corrected chi connectivity index (χ2v) is 7.18. The van der Waals surface area contributed by atoms with Crippen LogP contribution in [0.4, 0.5) is 0 Å². The minimum atomic E-state index is -0.0432. The van der Waals surface area contributed by atoms with Crippen molar-refractivity contribution in [2.75, 3.05) is 6.61 Å². The standard InChI is InChI=1S/C15H31N3O/c1-7-8-9-19-12-10-11(15(12,5)6)17-13(16)18-14(2,3)4/h11-12H,7-10H2,1-6H3,(H3,16,17,18). The van der Waals surface area contributed by atoms with Gasteiger partial charge in [0, 0.05) is 17.6 Å². The Hall–Kier alpha value is -0.770. The number of aliphatic imine (C=N–C) groups is 1. The van der Waals surface area contributed by atoms with Crippen LogP contribution in [-0.4, -0.2) is 30.3 Å². The lowest BCUT2D eigenvalue weighted by molar-refractivity contribution is -0.107. The molecule has 19 heavy (non-hydrogen) atoms. The Labute approximate surface area is 118 Å². The predicted octanol–water partition coefficient (Wildman–Crippen LogP) is 2.67. The Morgan fingerprint density at radius 3 is 2.53 bits per heavy atom. The fraction of sp³-hybridized carbons (Fsp3) is 0.933. The largest absolute Gasteiger partial charge is 0.377 e. The lowest BCUT2D eigenvalue weighted by Gasteiger charge is -2.49. The smallest absolute Gasteiger partial charge is 0.189 e. The first-order chi connectivity index (χ1) is 8.66. The number of nitrogens with two attached hydrogens (primary N) is 1. The highest BCUT2D eigenvalue weighted by Crippen LogP contribution is 2.44. The molecule has 4 nitrogen and oxygen atoms in total. The van der Waals surface area contributed by atoms with Crippen molar-refractivity contribution in [1.82, 2.24) is 5.32 Å². The van der Waals surface area contributed by atoms with E-state index in [1.165, 1.54) is 6.42 Å². The molecule has 0 bridgehead atoms. The number of hydrogen-bond donors (Lipinski definition) is 2. The van der Waals surface area contributed by atoms with Gasteiger partial charge in [-0.05, 0) is 33.6 Å². The third-order valence-corrected chi connectivity index (χ3v) is 3.74. The summed E-state index contributed by atoms with van der Waals surface area (Å²) < 4.78 is 5.92. The molecule has 2 atom stereocenters. The van der Waals surface area contributed by atoms with Gasteiger partial charge >= 0.3 is 0 Å². The van der Waals surface area contributed by atoms with Crippen LogP contribution in [0.2, 0.25) is 0 Å². The summed E-state index contributed by atoms with van der Waals surface area (Å²) in [5.74, 6) is 0.539. The minimum absolute atomic E-state index is 0.0432. The van der Waals surface area contributed by atoms with Crippen LogP contribution in [0.3, 0.4) is 0 Å². The van der Waals surface area contributed by atoms with Gasteiger partial charge in [-0.1, -0.05) is 27.2 Å². The van der Waals surface area contributed by atoms with E-state index < -0.39 is 0 Å². The number of ether oxygens (including phenoxy) is 1. The highest BCUT2D eigenvalue weighted by atomic mass is 16.5. The molecule has 0 radical (unpaired) electrons. The quantitative estimate of drug-likeness (QED) is 0.458. The van der Waals surface area contributed by atoms with E-state index in [-0.39, 0.29) is 17.0 Å². The maximum atomic E-state index is 5.96. The second kappa shape index (κ2) is 6.12. The number of unbranched alkanes of at least 4 members (excludes halogenated alkanes) is 1. The second-order valence-electron chi connectivity index (χ2n) is 7.18. The number of rotatable bonds is 5. The zero-order chi connectivity index (χ0) is 14.7. The van der Waals surface area contributed by atoms with E-state index in [1.54, 1.807) is 0 Å². The molecule has 1 aliphatic carbocycles. The summed E-state index contributed by atoms with van der Waals surface area (Å²) >= 11 is 0. The molecule has 0 saturated heterocycles. The average Bonchev–Trinajstić information content (AvgIpc) is 2.24. The van der Waals surface area contributed by atoms with Gasteiger partial charge in [0.25, 0.3) is 0 Å². The van der Waals surface area contributed by atoms with Crippen LogP contribution in [0, 0.1) is 5.41 Å². The molecule has 1 saturated carbocycles. The molecule has 4 heteroatoms. The zero-order valence-corrected chi connectivity index (χ0v) is 13.4. The molecule has 3 N–H and O–H groups in total. The van der Waals surface area contributed by atoms with Crippen LogP contribution in [0.5, 0.6) is 0 Å². The summed E-state index contributed by atoms with van der Waals surface area (Å²) in [5.41, 5.74) is 5.99. The van der Waals surface area contributed by atoms with Gasteiger partial charge in [0.1, 0.15) is 0 Å². The van der Waals surface area contributed by atoms with Crippen molar-refractivity contribution < 1.29 is 4.74 Å². The normalized spacial score (nSPS) is 26.9. The molecular formula is C15H31N3O. The number of guanidine groups is 1. The highest BCUT2D eigenvalue weighted by molar-refractivity contribution is 5.78. The molecule has 0 heterocycles. The van der Waals surface area contributed by atoms with E-state index in [2.05, 4.69) is 51.9 Å². The molecule has 0 spiro atoms. The summed E-state index contributed by atoms with van der Waals surface area (Å²) in [6.07, 6.45) is 3.60. The van der Waals surface area contributed by atoms with Gasteiger partial charge < -0.3 is 15.8 Å². The minimum Gasteiger partial charge on any atom is -0.377 e. The number of nitrogens with one attached hydrogen (secondary N) is 1. The molecule has 0 aromatic carbocycles. The van der Waals surface area contributed by atoms with E-state index in [0.717, 1.165) is 19.4 Å². The Kier molecular flexibility index (Phi) is 5.25. The summed E-state index contributed by atoms with van der Waals surface area (Å²) in [6.45, 7) is 13.7. The van der Waals surface area contributed by atoms with Crippen LogP contribution in [0.15, 0.2) is 4.99 Å². The Morgan fingerprint density at radius 2 is 2.05 bits per heavy atom. The summed E-state index contributed by atoms with van der Waals surface area (Å²) in [6, 6.07) is 0.258. The lowest BCUT2D eigenvalue weighted by atomic mass is 9.65. The van der Waals surface area contributed by atoms with Gasteiger partial charge in [0.2, 0.25) is 0 Å². The van der Waals surface area contributed by atoms with Crippen LogP contribution in [-0.2, 0) is 4.74 Å². The fourth-order valence-electron chi connectivity index (χ4n) is 2.32. The summed E-state index contributed by atoms with van der Waals surface area (Å²) in [7, 11) is 0. The van der Waals surface area contributed by atoms with Crippen molar-refractivity contribution in [3.63, 3.8) is 0 Å². The first-order valence-electron chi connectivity index (χ1n) is 7.40. The molecule has 112 valence electrons. The van der Waals surface area contributed by atoms with E-state index in [1.807, 2.05) is 0 Å². The molecule has 0 amide bonds. The van der Waals surface area contributed by atoms with E-state index in [0.29, 0.717) is 12.1 Å². The molecule has 0 aromatic heterocycles. The van der Waals surface area contributed by atoms with Crippen molar-refractivity contribution in [3.05, 3.63) is 0 Å². The Balaban J connectivity index is 2.48. The monoisotopic (exact) mass is 269 g/mol. The van der Waals surface area contributed by atoms with Gasteiger partial charge in [-0.3, -0.25) is 0 Å². The van der Waals surface area contributed by atoms with Gasteiger partial charge in [-0.15, -0.1) is 0 Å².